The van der Waals surface area contributed by atoms with E-state index in [1.54, 1.807) is 7.11 Å². The van der Waals surface area contributed by atoms with Crippen molar-refractivity contribution in [3.8, 4) is 0 Å². The number of pyridine rings is 1. The molecule has 0 amide bonds. The van der Waals surface area contributed by atoms with Crippen LogP contribution in [0.15, 0.2) is 24.3 Å². The molecule has 2 aromatic heterocycles. The summed E-state index contributed by atoms with van der Waals surface area (Å²) < 4.78 is 12.9. The summed E-state index contributed by atoms with van der Waals surface area (Å²) in [6.07, 6.45) is 0. The molecular formula is C16H21N5O2. The van der Waals surface area contributed by atoms with Crippen molar-refractivity contribution in [1.82, 2.24) is 14.5 Å². The molecule has 0 saturated heterocycles. The van der Waals surface area contributed by atoms with Crippen LogP contribution < -0.4 is 11.5 Å². The fourth-order valence-electron chi connectivity index (χ4n) is 2.73. The third-order valence-corrected chi connectivity index (χ3v) is 3.68. The highest BCUT2D eigenvalue weighted by atomic mass is 16.5. The topological polar surface area (TPSA) is 101 Å². The second kappa shape index (κ2) is 6.91. The Balaban J connectivity index is 2.14. The van der Waals surface area contributed by atoms with Crippen LogP contribution in [0.5, 0.6) is 0 Å². The lowest BCUT2D eigenvalue weighted by Gasteiger charge is -2.10. The van der Waals surface area contributed by atoms with Gasteiger partial charge >= 0.3 is 0 Å². The molecule has 2 heterocycles. The van der Waals surface area contributed by atoms with Gasteiger partial charge in [-0.3, -0.25) is 0 Å². The first-order valence-corrected chi connectivity index (χ1v) is 7.56. The molecule has 0 unspecified atom stereocenters. The van der Waals surface area contributed by atoms with Crippen LogP contribution in [0.4, 0.5) is 5.82 Å². The molecule has 0 atom stereocenters. The predicted octanol–water partition coefficient (Wildman–Crippen LogP) is 1.29. The number of nitrogens with zero attached hydrogens (tertiary/aromatic N) is 3. The molecule has 0 aliphatic heterocycles. The van der Waals surface area contributed by atoms with E-state index < -0.39 is 0 Å². The van der Waals surface area contributed by atoms with E-state index in [0.717, 1.165) is 22.2 Å². The quantitative estimate of drug-likeness (QED) is 0.637. The number of methoxy groups -OCH3 is 1. The van der Waals surface area contributed by atoms with E-state index in [0.29, 0.717) is 44.2 Å². The standard InChI is InChI=1S/C16H21N5O2/c1-22-10-13-20-14-15(21(13)7-9-23-8-6-17)11-4-2-3-5-12(11)19-16(14)18/h2-5H,6-10,17H2,1H3,(H2,18,19). The lowest BCUT2D eigenvalue weighted by molar-refractivity contribution is 0.129. The SMILES string of the molecule is COCc1nc2c(N)nc3ccccc3c2n1CCOCCN. The molecule has 23 heavy (non-hydrogen) atoms. The van der Waals surface area contributed by atoms with E-state index in [1.807, 2.05) is 24.3 Å². The van der Waals surface area contributed by atoms with Crippen LogP contribution >= 0.6 is 0 Å². The summed E-state index contributed by atoms with van der Waals surface area (Å²) in [4.78, 5) is 9.06. The fraction of sp³-hybridized carbons (Fsp3) is 0.375. The molecule has 7 nitrogen and oxygen atoms in total. The maximum Gasteiger partial charge on any atom is 0.152 e. The van der Waals surface area contributed by atoms with Crippen LogP contribution in [0.2, 0.25) is 0 Å². The molecule has 122 valence electrons. The molecule has 0 spiro atoms. The van der Waals surface area contributed by atoms with E-state index in [4.69, 9.17) is 20.9 Å². The van der Waals surface area contributed by atoms with Crippen LogP contribution in [0.3, 0.4) is 0 Å². The molecule has 0 fully saturated rings. The molecule has 1 aromatic carbocycles. The minimum Gasteiger partial charge on any atom is -0.382 e. The van der Waals surface area contributed by atoms with Gasteiger partial charge in [-0.25, -0.2) is 9.97 Å². The average molecular weight is 315 g/mol. The van der Waals surface area contributed by atoms with Crippen molar-refractivity contribution < 1.29 is 9.47 Å². The molecule has 0 aliphatic carbocycles. The summed E-state index contributed by atoms with van der Waals surface area (Å²) in [7, 11) is 1.65. The predicted molar refractivity (Wildman–Crippen MR) is 90.0 cm³/mol. The highest BCUT2D eigenvalue weighted by Crippen LogP contribution is 2.28. The third-order valence-electron chi connectivity index (χ3n) is 3.68. The number of aromatic nitrogens is 3. The Kier molecular flexibility index (Phi) is 4.71. The smallest absolute Gasteiger partial charge is 0.152 e. The minimum absolute atomic E-state index is 0.402. The van der Waals surface area contributed by atoms with Crippen molar-refractivity contribution in [2.75, 3.05) is 32.6 Å². The first-order valence-electron chi connectivity index (χ1n) is 7.56. The third kappa shape index (κ3) is 2.98. The number of anilines is 1. The Morgan fingerprint density at radius 1 is 1.17 bits per heavy atom. The number of ether oxygens (including phenoxy) is 2. The first-order chi connectivity index (χ1) is 11.3. The highest BCUT2D eigenvalue weighted by Gasteiger charge is 2.16. The lowest BCUT2D eigenvalue weighted by Crippen LogP contribution is -2.14. The van der Waals surface area contributed by atoms with Crippen LogP contribution in [-0.2, 0) is 22.6 Å². The first kappa shape index (κ1) is 15.7. The number of rotatable bonds is 7. The van der Waals surface area contributed by atoms with Gasteiger partial charge in [0.1, 0.15) is 17.9 Å². The van der Waals surface area contributed by atoms with E-state index in [9.17, 15) is 0 Å². The summed E-state index contributed by atoms with van der Waals surface area (Å²) in [5.74, 6) is 1.24. The number of fused-ring (bicyclic) bond motifs is 3. The van der Waals surface area contributed by atoms with Gasteiger partial charge in [0, 0.05) is 25.6 Å². The van der Waals surface area contributed by atoms with Crippen LogP contribution in [-0.4, -0.2) is 41.4 Å². The number of hydrogen-bond acceptors (Lipinski definition) is 6. The molecule has 0 radical (unpaired) electrons. The molecule has 7 heteroatoms. The Morgan fingerprint density at radius 3 is 2.78 bits per heavy atom. The van der Waals surface area contributed by atoms with Crippen molar-refractivity contribution in [1.29, 1.82) is 0 Å². The van der Waals surface area contributed by atoms with Gasteiger partial charge in [-0.1, -0.05) is 18.2 Å². The van der Waals surface area contributed by atoms with Gasteiger partial charge in [0.25, 0.3) is 0 Å². The maximum atomic E-state index is 6.10. The Morgan fingerprint density at radius 2 is 2.00 bits per heavy atom. The van der Waals surface area contributed by atoms with E-state index in [1.165, 1.54) is 0 Å². The van der Waals surface area contributed by atoms with Crippen molar-refractivity contribution in [3.63, 3.8) is 0 Å². The highest BCUT2D eigenvalue weighted by molar-refractivity contribution is 6.06. The zero-order valence-corrected chi connectivity index (χ0v) is 13.2. The lowest BCUT2D eigenvalue weighted by atomic mass is 10.2. The van der Waals surface area contributed by atoms with Crippen molar-refractivity contribution >= 4 is 27.8 Å². The zero-order valence-electron chi connectivity index (χ0n) is 13.2. The number of hydrogen-bond donors (Lipinski definition) is 2. The summed E-state index contributed by atoms with van der Waals surface area (Å²) in [6.45, 7) is 2.66. The van der Waals surface area contributed by atoms with E-state index >= 15 is 0 Å². The van der Waals surface area contributed by atoms with E-state index in [2.05, 4.69) is 14.5 Å². The zero-order chi connectivity index (χ0) is 16.2. The second-order valence-electron chi connectivity index (χ2n) is 5.23. The molecule has 0 bridgehead atoms. The Bertz CT molecular complexity index is 815. The number of nitrogen functional groups attached to an aromatic ring is 1. The minimum atomic E-state index is 0.402. The summed E-state index contributed by atoms with van der Waals surface area (Å²) in [5.41, 5.74) is 14.1. The molecule has 0 saturated carbocycles. The van der Waals surface area contributed by atoms with Crippen LogP contribution in [0.1, 0.15) is 5.82 Å². The van der Waals surface area contributed by atoms with Crippen LogP contribution in [0, 0.1) is 0 Å². The molecule has 3 rings (SSSR count). The maximum absolute atomic E-state index is 6.10. The van der Waals surface area contributed by atoms with Crippen molar-refractivity contribution in [3.05, 3.63) is 30.1 Å². The number of imidazole rings is 1. The van der Waals surface area contributed by atoms with E-state index in [-0.39, 0.29) is 0 Å². The van der Waals surface area contributed by atoms with Crippen molar-refractivity contribution in [2.45, 2.75) is 13.2 Å². The van der Waals surface area contributed by atoms with Gasteiger partial charge in [-0.05, 0) is 6.07 Å². The average Bonchev–Trinajstić information content (AvgIpc) is 2.92. The summed E-state index contributed by atoms with van der Waals surface area (Å²) >= 11 is 0. The van der Waals surface area contributed by atoms with Gasteiger partial charge in [0.15, 0.2) is 5.82 Å². The van der Waals surface area contributed by atoms with Gasteiger partial charge in [-0.15, -0.1) is 0 Å². The summed E-state index contributed by atoms with van der Waals surface area (Å²) in [6, 6.07) is 7.91. The molecule has 0 aliphatic rings. The van der Waals surface area contributed by atoms with Crippen molar-refractivity contribution in [2.24, 2.45) is 5.73 Å². The molecular weight excluding hydrogens is 294 g/mol. The second-order valence-corrected chi connectivity index (χ2v) is 5.23. The largest absolute Gasteiger partial charge is 0.382 e. The number of para-hydroxylation sites is 1. The van der Waals surface area contributed by atoms with Gasteiger partial charge in [-0.2, -0.15) is 0 Å². The Hall–Kier alpha value is -2.22. The normalized spacial score (nSPS) is 11.6. The number of benzene rings is 1. The number of nitrogens with two attached hydrogens (primary N) is 2. The van der Waals surface area contributed by atoms with Crippen LogP contribution in [0.25, 0.3) is 21.9 Å². The molecule has 4 N–H and O–H groups in total. The Labute approximate surface area is 134 Å². The monoisotopic (exact) mass is 315 g/mol. The fourth-order valence-corrected chi connectivity index (χ4v) is 2.73. The van der Waals surface area contributed by atoms with Gasteiger partial charge in [0.05, 0.1) is 24.2 Å². The molecule has 3 aromatic rings. The van der Waals surface area contributed by atoms with Gasteiger partial charge < -0.3 is 25.5 Å². The van der Waals surface area contributed by atoms with Gasteiger partial charge in [0.2, 0.25) is 0 Å². The summed E-state index contributed by atoms with van der Waals surface area (Å²) in [5, 5.41) is 1.02.